The van der Waals surface area contributed by atoms with Crippen molar-refractivity contribution in [2.24, 2.45) is 5.92 Å². The standard InChI is InChI=1S/C24H27N3O5S/c1-17-7-9-19(10-8-17)15-25-24(28)20-5-3-13-27(16-20)33(29,30)23-18(2)26-32-22(23)12-11-21-6-4-14-31-21/h4,6-12,14,20H,3,5,13,15-16H2,1-2H3,(H,25,28). The summed E-state index contributed by atoms with van der Waals surface area (Å²) in [4.78, 5) is 12.8. The number of nitrogens with one attached hydrogen (secondary N) is 1. The van der Waals surface area contributed by atoms with Crippen LogP contribution < -0.4 is 5.32 Å². The first-order chi connectivity index (χ1) is 15.8. The molecule has 33 heavy (non-hydrogen) atoms. The predicted molar refractivity (Wildman–Crippen MR) is 123 cm³/mol. The molecule has 1 aromatic carbocycles. The van der Waals surface area contributed by atoms with Crippen molar-refractivity contribution in [2.75, 3.05) is 13.1 Å². The van der Waals surface area contributed by atoms with Crippen LogP contribution in [-0.4, -0.2) is 36.9 Å². The van der Waals surface area contributed by atoms with E-state index in [4.69, 9.17) is 8.94 Å². The third kappa shape index (κ3) is 5.26. The van der Waals surface area contributed by atoms with Gasteiger partial charge >= 0.3 is 0 Å². The molecule has 3 heterocycles. The lowest BCUT2D eigenvalue weighted by atomic mass is 9.98. The Morgan fingerprint density at radius 1 is 1.21 bits per heavy atom. The molecule has 1 aliphatic rings. The van der Waals surface area contributed by atoms with Gasteiger partial charge in [0, 0.05) is 19.6 Å². The average Bonchev–Trinajstić information content (AvgIpc) is 3.47. The maximum absolute atomic E-state index is 13.5. The van der Waals surface area contributed by atoms with Gasteiger partial charge in [0.25, 0.3) is 0 Å². The molecule has 0 radical (unpaired) electrons. The van der Waals surface area contributed by atoms with Crippen molar-refractivity contribution in [1.82, 2.24) is 14.8 Å². The Labute approximate surface area is 193 Å². The van der Waals surface area contributed by atoms with Crippen molar-refractivity contribution in [3.63, 3.8) is 0 Å². The summed E-state index contributed by atoms with van der Waals surface area (Å²) >= 11 is 0. The number of hydrogen-bond donors (Lipinski definition) is 1. The molecule has 8 nitrogen and oxygen atoms in total. The molecule has 1 atom stereocenters. The zero-order chi connectivity index (χ0) is 23.4. The fraction of sp³-hybridized carbons (Fsp3) is 0.333. The molecule has 1 aliphatic heterocycles. The fourth-order valence-corrected chi connectivity index (χ4v) is 5.66. The number of piperidine rings is 1. The van der Waals surface area contributed by atoms with Crippen LogP contribution in [0.1, 0.15) is 41.2 Å². The molecular weight excluding hydrogens is 442 g/mol. The molecule has 0 spiro atoms. The zero-order valence-corrected chi connectivity index (χ0v) is 19.5. The number of aryl methyl sites for hydroxylation is 2. The fourth-order valence-electron chi connectivity index (χ4n) is 3.89. The molecule has 2 aromatic heterocycles. The van der Waals surface area contributed by atoms with Gasteiger partial charge in [-0.25, -0.2) is 8.42 Å². The Morgan fingerprint density at radius 3 is 2.73 bits per heavy atom. The van der Waals surface area contributed by atoms with E-state index in [0.29, 0.717) is 31.7 Å². The number of benzene rings is 1. The molecule has 174 valence electrons. The van der Waals surface area contributed by atoms with E-state index < -0.39 is 15.9 Å². The number of nitrogens with zero attached hydrogens (tertiary/aromatic N) is 2. The monoisotopic (exact) mass is 469 g/mol. The average molecular weight is 470 g/mol. The summed E-state index contributed by atoms with van der Waals surface area (Å²) in [5.74, 6) is 0.141. The summed E-state index contributed by atoms with van der Waals surface area (Å²) in [5.41, 5.74) is 2.43. The van der Waals surface area contributed by atoms with Crippen molar-refractivity contribution in [1.29, 1.82) is 0 Å². The topological polar surface area (TPSA) is 106 Å². The Balaban J connectivity index is 1.46. The third-order valence-corrected chi connectivity index (χ3v) is 7.74. The molecule has 0 bridgehead atoms. The molecule has 3 aromatic rings. The Kier molecular flexibility index (Phi) is 6.80. The SMILES string of the molecule is Cc1ccc(CNC(=O)C2CCCN(S(=O)(=O)c3c(C)noc3C=Cc3ccco3)C2)cc1. The number of carbonyl (C=O) groups is 1. The first kappa shape index (κ1) is 23.0. The molecule has 0 saturated carbocycles. The smallest absolute Gasteiger partial charge is 0.248 e. The number of aromatic nitrogens is 1. The molecule has 1 fully saturated rings. The molecular formula is C24H27N3O5S. The molecule has 1 saturated heterocycles. The van der Waals surface area contributed by atoms with Gasteiger partial charge in [-0.05, 0) is 56.5 Å². The predicted octanol–water partition coefficient (Wildman–Crippen LogP) is 3.77. The minimum absolute atomic E-state index is 0.0195. The highest BCUT2D eigenvalue weighted by Crippen LogP contribution is 2.29. The highest BCUT2D eigenvalue weighted by atomic mass is 32.2. The van der Waals surface area contributed by atoms with Crippen LogP contribution in [0, 0.1) is 19.8 Å². The zero-order valence-electron chi connectivity index (χ0n) is 18.7. The van der Waals surface area contributed by atoms with Crippen LogP contribution in [0.5, 0.6) is 0 Å². The maximum atomic E-state index is 13.5. The van der Waals surface area contributed by atoms with Crippen LogP contribution in [-0.2, 0) is 21.4 Å². The summed E-state index contributed by atoms with van der Waals surface area (Å²) in [6.07, 6.45) is 5.92. The molecule has 1 unspecified atom stereocenters. The first-order valence-corrected chi connectivity index (χ1v) is 12.3. The number of hydrogen-bond acceptors (Lipinski definition) is 6. The Morgan fingerprint density at radius 2 is 2.00 bits per heavy atom. The van der Waals surface area contributed by atoms with Gasteiger partial charge < -0.3 is 14.3 Å². The minimum Gasteiger partial charge on any atom is -0.465 e. The van der Waals surface area contributed by atoms with Gasteiger partial charge in [-0.15, -0.1) is 0 Å². The van der Waals surface area contributed by atoms with Crippen molar-refractivity contribution < 1.29 is 22.2 Å². The van der Waals surface area contributed by atoms with E-state index in [1.165, 1.54) is 16.6 Å². The van der Waals surface area contributed by atoms with Crippen molar-refractivity contribution >= 4 is 28.1 Å². The van der Waals surface area contributed by atoms with Crippen molar-refractivity contribution in [2.45, 2.75) is 38.1 Å². The normalized spacial score (nSPS) is 17.5. The molecule has 1 N–H and O–H groups in total. The van der Waals surface area contributed by atoms with Crippen molar-refractivity contribution in [3.8, 4) is 0 Å². The lowest BCUT2D eigenvalue weighted by molar-refractivity contribution is -0.126. The van der Waals surface area contributed by atoms with E-state index in [1.54, 1.807) is 25.1 Å². The minimum atomic E-state index is -3.89. The first-order valence-electron chi connectivity index (χ1n) is 10.9. The van der Waals surface area contributed by atoms with Gasteiger partial charge in [0.05, 0.1) is 12.2 Å². The summed E-state index contributed by atoms with van der Waals surface area (Å²) in [6.45, 7) is 4.48. The van der Waals surface area contributed by atoms with Gasteiger partial charge in [0.15, 0.2) is 10.7 Å². The third-order valence-electron chi connectivity index (χ3n) is 5.72. The number of carbonyl (C=O) groups excluding carboxylic acids is 1. The second kappa shape index (κ2) is 9.76. The molecule has 0 aliphatic carbocycles. The summed E-state index contributed by atoms with van der Waals surface area (Å²) < 4.78 is 38.8. The van der Waals surface area contributed by atoms with Gasteiger partial charge in [0.2, 0.25) is 15.9 Å². The van der Waals surface area contributed by atoms with Crippen LogP contribution in [0.15, 0.2) is 56.5 Å². The summed E-state index contributed by atoms with van der Waals surface area (Å²) in [6, 6.07) is 11.4. The van der Waals surface area contributed by atoms with Gasteiger partial charge in [-0.1, -0.05) is 35.0 Å². The van der Waals surface area contributed by atoms with E-state index in [2.05, 4.69) is 10.5 Å². The van der Waals surface area contributed by atoms with Gasteiger partial charge in [-0.3, -0.25) is 4.79 Å². The lowest BCUT2D eigenvalue weighted by Gasteiger charge is -2.31. The number of furan rings is 1. The number of rotatable bonds is 7. The van der Waals surface area contributed by atoms with E-state index in [9.17, 15) is 13.2 Å². The summed E-state index contributed by atoms with van der Waals surface area (Å²) in [5, 5.41) is 6.80. The largest absolute Gasteiger partial charge is 0.465 e. The van der Waals surface area contributed by atoms with E-state index >= 15 is 0 Å². The van der Waals surface area contributed by atoms with Crippen LogP contribution in [0.2, 0.25) is 0 Å². The highest BCUT2D eigenvalue weighted by molar-refractivity contribution is 7.89. The van der Waals surface area contributed by atoms with Crippen LogP contribution >= 0.6 is 0 Å². The van der Waals surface area contributed by atoms with E-state index in [-0.39, 0.29) is 28.8 Å². The second-order valence-corrected chi connectivity index (χ2v) is 10.1. The van der Waals surface area contributed by atoms with Gasteiger partial charge in [-0.2, -0.15) is 4.31 Å². The Hall–Kier alpha value is -3.17. The van der Waals surface area contributed by atoms with Crippen LogP contribution in [0.25, 0.3) is 12.2 Å². The molecule has 9 heteroatoms. The number of amides is 1. The van der Waals surface area contributed by atoms with E-state index in [0.717, 1.165) is 11.1 Å². The number of sulfonamides is 1. The lowest BCUT2D eigenvalue weighted by Crippen LogP contribution is -2.45. The highest BCUT2D eigenvalue weighted by Gasteiger charge is 2.36. The molecule has 1 amide bonds. The van der Waals surface area contributed by atoms with E-state index in [1.807, 2.05) is 31.2 Å². The van der Waals surface area contributed by atoms with Crippen molar-refractivity contribution in [3.05, 3.63) is 71.0 Å². The van der Waals surface area contributed by atoms with Crippen LogP contribution in [0.4, 0.5) is 0 Å². The van der Waals surface area contributed by atoms with Gasteiger partial charge in [0.1, 0.15) is 11.5 Å². The summed E-state index contributed by atoms with van der Waals surface area (Å²) in [7, 11) is -3.89. The Bertz CT molecular complexity index is 1230. The maximum Gasteiger partial charge on any atom is 0.248 e. The van der Waals surface area contributed by atoms with Crippen LogP contribution in [0.3, 0.4) is 0 Å². The molecule has 4 rings (SSSR count). The second-order valence-electron chi connectivity index (χ2n) is 8.22. The quantitative estimate of drug-likeness (QED) is 0.565.